The van der Waals surface area contributed by atoms with Crippen LogP contribution in [0, 0.1) is 0 Å². The third-order valence-corrected chi connectivity index (χ3v) is 5.08. The molecule has 0 radical (unpaired) electrons. The van der Waals surface area contributed by atoms with E-state index in [9.17, 15) is 4.79 Å². The maximum absolute atomic E-state index is 13.1. The van der Waals surface area contributed by atoms with Crippen LogP contribution in [0.4, 0.5) is 0 Å². The van der Waals surface area contributed by atoms with Crippen molar-refractivity contribution in [1.82, 2.24) is 19.8 Å². The summed E-state index contributed by atoms with van der Waals surface area (Å²) in [4.78, 5) is 15.0. The number of aromatic nitrogens is 3. The summed E-state index contributed by atoms with van der Waals surface area (Å²) in [7, 11) is 1.91. The lowest BCUT2D eigenvalue weighted by atomic mass is 9.86. The highest BCUT2D eigenvalue weighted by molar-refractivity contribution is 5.92. The third kappa shape index (κ3) is 3.27. The lowest BCUT2D eigenvalue weighted by molar-refractivity contribution is 0.0714. The Hall–Kier alpha value is -2.89. The van der Waals surface area contributed by atoms with Crippen molar-refractivity contribution in [3.8, 4) is 0 Å². The molecular weight excluding hydrogens is 340 g/mol. The van der Waals surface area contributed by atoms with E-state index in [1.165, 1.54) is 5.56 Å². The monoisotopic (exact) mass is 364 g/mol. The molecule has 2 aromatic heterocycles. The van der Waals surface area contributed by atoms with Crippen molar-refractivity contribution in [3.63, 3.8) is 0 Å². The second kappa shape index (κ2) is 6.37. The predicted molar refractivity (Wildman–Crippen MR) is 101 cm³/mol. The average molecular weight is 364 g/mol. The van der Waals surface area contributed by atoms with Gasteiger partial charge in [-0.1, -0.05) is 50.2 Å². The summed E-state index contributed by atoms with van der Waals surface area (Å²) in [5.41, 5.74) is 3.70. The number of amides is 1. The Bertz CT molecular complexity index is 980. The number of nitrogens with zero attached hydrogens (tertiary/aromatic N) is 4. The Labute approximate surface area is 158 Å². The first kappa shape index (κ1) is 17.5. The van der Waals surface area contributed by atoms with Crippen LogP contribution in [0.15, 0.2) is 47.2 Å². The minimum absolute atomic E-state index is 0.0987. The molecule has 4 rings (SSSR count). The van der Waals surface area contributed by atoms with Crippen LogP contribution in [0.2, 0.25) is 0 Å². The van der Waals surface area contributed by atoms with Crippen LogP contribution in [0.3, 0.4) is 0 Å². The molecule has 0 bridgehead atoms. The molecule has 3 aromatic rings. The maximum Gasteiger partial charge on any atom is 0.276 e. The van der Waals surface area contributed by atoms with E-state index in [0.717, 1.165) is 11.1 Å². The van der Waals surface area contributed by atoms with Crippen molar-refractivity contribution in [2.24, 2.45) is 7.05 Å². The van der Waals surface area contributed by atoms with Crippen molar-refractivity contribution in [1.29, 1.82) is 0 Å². The van der Waals surface area contributed by atoms with E-state index in [1.54, 1.807) is 10.7 Å². The van der Waals surface area contributed by atoms with Crippen LogP contribution in [0.25, 0.3) is 0 Å². The molecular formula is C21H24N4O2. The normalized spacial score (nSPS) is 17.0. The SMILES string of the molecule is Cn1cc(C2CN(C(=O)c3cc(C(C)(C)C)on3)Cc3ccccc32)cn1. The number of carbonyl (C=O) groups excluding carboxylic acids is 1. The van der Waals surface area contributed by atoms with Crippen LogP contribution < -0.4 is 0 Å². The number of hydrogen-bond donors (Lipinski definition) is 0. The van der Waals surface area contributed by atoms with E-state index in [-0.39, 0.29) is 17.2 Å². The molecule has 0 saturated heterocycles. The largest absolute Gasteiger partial charge is 0.360 e. The molecule has 1 aliphatic heterocycles. The highest BCUT2D eigenvalue weighted by Crippen LogP contribution is 2.34. The van der Waals surface area contributed by atoms with E-state index in [0.29, 0.717) is 24.5 Å². The summed E-state index contributed by atoms with van der Waals surface area (Å²) in [6.07, 6.45) is 3.90. The number of rotatable bonds is 2. The van der Waals surface area contributed by atoms with E-state index in [2.05, 4.69) is 22.4 Å². The number of fused-ring (bicyclic) bond motifs is 1. The molecule has 1 aromatic carbocycles. The first-order valence-electron chi connectivity index (χ1n) is 9.16. The summed E-state index contributed by atoms with van der Waals surface area (Å²) in [6, 6.07) is 10.1. The Morgan fingerprint density at radius 3 is 2.70 bits per heavy atom. The van der Waals surface area contributed by atoms with Gasteiger partial charge in [-0.05, 0) is 16.7 Å². The zero-order chi connectivity index (χ0) is 19.2. The zero-order valence-electron chi connectivity index (χ0n) is 16.1. The lowest BCUT2D eigenvalue weighted by Crippen LogP contribution is -2.38. The number of carbonyl (C=O) groups is 1. The van der Waals surface area contributed by atoms with Crippen molar-refractivity contribution in [2.45, 2.75) is 38.6 Å². The molecule has 0 fully saturated rings. The second-order valence-electron chi connectivity index (χ2n) is 8.21. The molecule has 3 heterocycles. The fourth-order valence-electron chi connectivity index (χ4n) is 3.56. The number of aryl methyl sites for hydroxylation is 1. The van der Waals surface area contributed by atoms with E-state index < -0.39 is 0 Å². The first-order valence-corrected chi connectivity index (χ1v) is 9.16. The summed E-state index contributed by atoms with van der Waals surface area (Å²) >= 11 is 0. The second-order valence-corrected chi connectivity index (χ2v) is 8.21. The molecule has 0 aliphatic carbocycles. The molecule has 0 spiro atoms. The van der Waals surface area contributed by atoms with Gasteiger partial charge in [0.25, 0.3) is 5.91 Å². The maximum atomic E-state index is 13.1. The van der Waals surface area contributed by atoms with Crippen molar-refractivity contribution >= 4 is 5.91 Å². The molecule has 6 nitrogen and oxygen atoms in total. The van der Waals surface area contributed by atoms with Gasteiger partial charge in [-0.2, -0.15) is 5.10 Å². The van der Waals surface area contributed by atoms with Crippen LogP contribution in [-0.4, -0.2) is 32.3 Å². The predicted octanol–water partition coefficient (Wildman–Crippen LogP) is 3.49. The number of hydrogen-bond acceptors (Lipinski definition) is 4. The van der Waals surface area contributed by atoms with Gasteiger partial charge in [0.1, 0.15) is 5.76 Å². The molecule has 1 aliphatic rings. The summed E-state index contributed by atoms with van der Waals surface area (Å²) in [5.74, 6) is 0.714. The van der Waals surface area contributed by atoms with Crippen molar-refractivity contribution in [2.75, 3.05) is 6.54 Å². The van der Waals surface area contributed by atoms with E-state index in [4.69, 9.17) is 4.52 Å². The standard InChI is InChI=1S/C21H24N4O2/c1-21(2,3)19-9-18(23-27-19)20(26)25-12-14-7-5-6-8-16(14)17(13-25)15-10-22-24(4)11-15/h5-11,17H,12-13H2,1-4H3. The lowest BCUT2D eigenvalue weighted by Gasteiger charge is -2.34. The highest BCUT2D eigenvalue weighted by atomic mass is 16.5. The van der Waals surface area contributed by atoms with Gasteiger partial charge in [0.2, 0.25) is 0 Å². The van der Waals surface area contributed by atoms with Gasteiger partial charge in [0, 0.05) is 43.7 Å². The van der Waals surface area contributed by atoms with E-state index >= 15 is 0 Å². The molecule has 0 saturated carbocycles. The summed E-state index contributed by atoms with van der Waals surface area (Å²) in [5, 5.41) is 8.34. The molecule has 1 unspecified atom stereocenters. The van der Waals surface area contributed by atoms with Gasteiger partial charge in [0.15, 0.2) is 5.69 Å². The van der Waals surface area contributed by atoms with Crippen LogP contribution >= 0.6 is 0 Å². The fraction of sp³-hybridized carbons (Fsp3) is 0.381. The Balaban J connectivity index is 1.66. The molecule has 0 N–H and O–H groups in total. The topological polar surface area (TPSA) is 64.2 Å². The van der Waals surface area contributed by atoms with Crippen LogP contribution in [0.5, 0.6) is 0 Å². The molecule has 27 heavy (non-hydrogen) atoms. The summed E-state index contributed by atoms with van der Waals surface area (Å²) < 4.78 is 7.21. The van der Waals surface area contributed by atoms with E-state index in [1.807, 2.05) is 57.2 Å². The molecule has 140 valence electrons. The van der Waals surface area contributed by atoms with Crippen molar-refractivity contribution in [3.05, 3.63) is 70.9 Å². The minimum atomic E-state index is -0.182. The average Bonchev–Trinajstić information content (AvgIpc) is 3.29. The van der Waals surface area contributed by atoms with Gasteiger partial charge in [-0.25, -0.2) is 0 Å². The molecule has 6 heteroatoms. The third-order valence-electron chi connectivity index (χ3n) is 5.08. The Kier molecular flexibility index (Phi) is 4.13. The van der Waals surface area contributed by atoms with Gasteiger partial charge in [-0.3, -0.25) is 9.48 Å². The van der Waals surface area contributed by atoms with Crippen LogP contribution in [0.1, 0.15) is 59.6 Å². The quantitative estimate of drug-likeness (QED) is 0.698. The summed E-state index contributed by atoms with van der Waals surface area (Å²) in [6.45, 7) is 7.29. The van der Waals surface area contributed by atoms with Gasteiger partial charge in [0.05, 0.1) is 6.20 Å². The Morgan fingerprint density at radius 1 is 1.26 bits per heavy atom. The smallest absolute Gasteiger partial charge is 0.276 e. The Morgan fingerprint density at radius 2 is 2.04 bits per heavy atom. The fourth-order valence-corrected chi connectivity index (χ4v) is 3.56. The first-order chi connectivity index (χ1) is 12.8. The van der Waals surface area contributed by atoms with Gasteiger partial charge in [-0.15, -0.1) is 0 Å². The van der Waals surface area contributed by atoms with Crippen molar-refractivity contribution < 1.29 is 9.32 Å². The molecule has 1 atom stereocenters. The number of benzene rings is 1. The van der Waals surface area contributed by atoms with Gasteiger partial charge >= 0.3 is 0 Å². The van der Waals surface area contributed by atoms with Gasteiger partial charge < -0.3 is 9.42 Å². The molecule has 1 amide bonds. The minimum Gasteiger partial charge on any atom is -0.360 e. The van der Waals surface area contributed by atoms with Crippen LogP contribution in [-0.2, 0) is 19.0 Å². The zero-order valence-corrected chi connectivity index (χ0v) is 16.1. The highest BCUT2D eigenvalue weighted by Gasteiger charge is 2.32.